The predicted octanol–water partition coefficient (Wildman–Crippen LogP) is 4.16. The molecule has 1 aliphatic heterocycles. The third kappa shape index (κ3) is 8.51. The second-order valence-corrected chi connectivity index (χ2v) is 8.41. The Balaban J connectivity index is 1.45. The molecule has 0 aliphatic carbocycles. The lowest BCUT2D eigenvalue weighted by molar-refractivity contribution is -0.116. The van der Waals surface area contributed by atoms with Crippen LogP contribution in [0, 0.1) is 0 Å². The first kappa shape index (κ1) is 25.2. The van der Waals surface area contributed by atoms with Gasteiger partial charge in [-0.25, -0.2) is 0 Å². The Hall–Kier alpha value is -3.39. The molecule has 2 aromatic carbocycles. The monoisotopic (exact) mass is 466 g/mol. The first-order chi connectivity index (χ1) is 16.5. The summed E-state index contributed by atoms with van der Waals surface area (Å²) in [5.74, 6) is -0.435. The van der Waals surface area contributed by atoms with Gasteiger partial charge < -0.3 is 26.0 Å². The van der Waals surface area contributed by atoms with Gasteiger partial charge >= 0.3 is 0 Å². The number of rotatable bonds is 12. The maximum atomic E-state index is 12.4. The Kier molecular flexibility index (Phi) is 9.91. The number of amides is 3. The number of nitrogens with one attached hydrogen (secondary N) is 4. The minimum atomic E-state index is -0.236. The Morgan fingerprint density at radius 1 is 0.941 bits per heavy atom. The molecule has 1 atom stereocenters. The van der Waals surface area contributed by atoms with Gasteiger partial charge in [0.1, 0.15) is 0 Å². The van der Waals surface area contributed by atoms with Crippen LogP contribution in [-0.2, 0) is 14.3 Å². The van der Waals surface area contributed by atoms with Crippen molar-refractivity contribution in [3.63, 3.8) is 0 Å². The van der Waals surface area contributed by atoms with Crippen LogP contribution in [0.4, 0.5) is 17.1 Å². The summed E-state index contributed by atoms with van der Waals surface area (Å²) in [4.78, 5) is 36.8. The van der Waals surface area contributed by atoms with Crippen molar-refractivity contribution in [3.8, 4) is 0 Å². The van der Waals surface area contributed by atoms with E-state index in [0.717, 1.165) is 38.7 Å². The van der Waals surface area contributed by atoms with Gasteiger partial charge in [0.25, 0.3) is 5.91 Å². The molecule has 8 heteroatoms. The summed E-state index contributed by atoms with van der Waals surface area (Å²) in [5.41, 5.74) is 2.44. The smallest absolute Gasteiger partial charge is 0.251 e. The second kappa shape index (κ2) is 13.3. The van der Waals surface area contributed by atoms with Gasteiger partial charge in [-0.1, -0.05) is 31.9 Å². The fraction of sp³-hybridized carbons (Fsp3) is 0.423. The fourth-order valence-corrected chi connectivity index (χ4v) is 3.71. The summed E-state index contributed by atoms with van der Waals surface area (Å²) in [6, 6.07) is 14.1. The van der Waals surface area contributed by atoms with E-state index in [1.807, 2.05) is 0 Å². The number of anilines is 3. The van der Waals surface area contributed by atoms with E-state index in [0.29, 0.717) is 35.6 Å². The normalized spacial score (nSPS) is 14.9. The largest absolute Gasteiger partial charge is 0.376 e. The number of hydrogen-bond acceptors (Lipinski definition) is 5. The summed E-state index contributed by atoms with van der Waals surface area (Å²) in [6.45, 7) is 3.38. The van der Waals surface area contributed by atoms with E-state index >= 15 is 0 Å². The summed E-state index contributed by atoms with van der Waals surface area (Å²) in [7, 11) is 0. The predicted molar refractivity (Wildman–Crippen MR) is 134 cm³/mol. The number of benzene rings is 2. The molecule has 8 nitrogen and oxygen atoms in total. The van der Waals surface area contributed by atoms with Crippen molar-refractivity contribution in [1.82, 2.24) is 5.32 Å². The maximum absolute atomic E-state index is 12.4. The SMILES string of the molecule is CCCCCC(=O)Nc1cccc(NC(=O)CNc2cccc(C(=O)NCC3CCCO3)c2)c1. The van der Waals surface area contributed by atoms with Crippen LogP contribution >= 0.6 is 0 Å². The van der Waals surface area contributed by atoms with E-state index in [-0.39, 0.29) is 30.4 Å². The molecule has 3 amide bonds. The lowest BCUT2D eigenvalue weighted by Crippen LogP contribution is -2.31. The molecule has 34 heavy (non-hydrogen) atoms. The van der Waals surface area contributed by atoms with Crippen molar-refractivity contribution in [1.29, 1.82) is 0 Å². The zero-order valence-electron chi connectivity index (χ0n) is 19.7. The highest BCUT2D eigenvalue weighted by molar-refractivity contribution is 5.97. The molecule has 1 unspecified atom stereocenters. The topological polar surface area (TPSA) is 109 Å². The lowest BCUT2D eigenvalue weighted by atomic mass is 10.1. The average Bonchev–Trinajstić information content (AvgIpc) is 3.35. The molecule has 1 aliphatic rings. The number of carbonyl (C=O) groups is 3. The molecular weight excluding hydrogens is 432 g/mol. The van der Waals surface area contributed by atoms with Crippen LogP contribution < -0.4 is 21.3 Å². The van der Waals surface area contributed by atoms with Crippen LogP contribution in [0.1, 0.15) is 55.8 Å². The maximum Gasteiger partial charge on any atom is 0.251 e. The Bertz CT molecular complexity index is 973. The molecule has 4 N–H and O–H groups in total. The van der Waals surface area contributed by atoms with Crippen molar-refractivity contribution < 1.29 is 19.1 Å². The average molecular weight is 467 g/mol. The minimum Gasteiger partial charge on any atom is -0.376 e. The zero-order chi connectivity index (χ0) is 24.2. The van der Waals surface area contributed by atoms with E-state index in [1.54, 1.807) is 48.5 Å². The fourth-order valence-electron chi connectivity index (χ4n) is 3.71. The van der Waals surface area contributed by atoms with Crippen molar-refractivity contribution >= 4 is 34.8 Å². The van der Waals surface area contributed by atoms with Crippen molar-refractivity contribution in [2.24, 2.45) is 0 Å². The highest BCUT2D eigenvalue weighted by atomic mass is 16.5. The number of unbranched alkanes of at least 4 members (excludes halogenated alkanes) is 2. The van der Waals surface area contributed by atoms with Crippen LogP contribution in [0.3, 0.4) is 0 Å². The molecule has 1 saturated heterocycles. The summed E-state index contributed by atoms with van der Waals surface area (Å²) < 4.78 is 5.53. The zero-order valence-corrected chi connectivity index (χ0v) is 19.7. The molecule has 182 valence electrons. The van der Waals surface area contributed by atoms with E-state index in [2.05, 4.69) is 28.2 Å². The lowest BCUT2D eigenvalue weighted by Gasteiger charge is -2.12. The van der Waals surface area contributed by atoms with Gasteiger partial charge in [-0.2, -0.15) is 0 Å². The first-order valence-electron chi connectivity index (χ1n) is 12.0. The van der Waals surface area contributed by atoms with Crippen LogP contribution in [-0.4, -0.2) is 43.5 Å². The molecular formula is C26H34N4O4. The van der Waals surface area contributed by atoms with Crippen molar-refractivity contribution in [2.45, 2.75) is 51.6 Å². The number of hydrogen-bond donors (Lipinski definition) is 4. The number of ether oxygens (including phenoxy) is 1. The van der Waals surface area contributed by atoms with Crippen molar-refractivity contribution in [3.05, 3.63) is 54.1 Å². The first-order valence-corrected chi connectivity index (χ1v) is 12.0. The molecule has 0 aromatic heterocycles. The van der Waals surface area contributed by atoms with E-state index in [1.165, 1.54) is 0 Å². The van der Waals surface area contributed by atoms with Gasteiger partial charge in [0.05, 0.1) is 12.6 Å². The second-order valence-electron chi connectivity index (χ2n) is 8.41. The van der Waals surface area contributed by atoms with Crippen molar-refractivity contribution in [2.75, 3.05) is 35.6 Å². The van der Waals surface area contributed by atoms with E-state index in [9.17, 15) is 14.4 Å². The van der Waals surface area contributed by atoms with Crippen LogP contribution in [0.2, 0.25) is 0 Å². The van der Waals surface area contributed by atoms with E-state index < -0.39 is 0 Å². The summed E-state index contributed by atoms with van der Waals surface area (Å²) in [5, 5.41) is 11.6. The third-order valence-corrected chi connectivity index (χ3v) is 5.53. The standard InChI is InChI=1S/C26H34N4O4/c1-2-3-4-13-24(31)29-21-10-6-11-22(16-21)30-25(32)18-27-20-9-5-8-19(15-20)26(33)28-17-23-12-7-14-34-23/h5-6,8-11,15-16,23,27H,2-4,7,12-14,17-18H2,1H3,(H,28,33)(H,29,31)(H,30,32). The quantitative estimate of drug-likeness (QED) is 0.351. The van der Waals surface area contributed by atoms with Gasteiger partial charge in [-0.05, 0) is 55.7 Å². The Morgan fingerprint density at radius 3 is 2.41 bits per heavy atom. The van der Waals surface area contributed by atoms with Crippen LogP contribution in [0.5, 0.6) is 0 Å². The molecule has 0 radical (unpaired) electrons. The highest BCUT2D eigenvalue weighted by Gasteiger charge is 2.16. The minimum absolute atomic E-state index is 0.0294. The summed E-state index contributed by atoms with van der Waals surface area (Å²) in [6.07, 6.45) is 5.52. The third-order valence-electron chi connectivity index (χ3n) is 5.53. The number of carbonyl (C=O) groups excluding carboxylic acids is 3. The molecule has 0 spiro atoms. The van der Waals surface area contributed by atoms with Crippen LogP contribution in [0.25, 0.3) is 0 Å². The molecule has 1 fully saturated rings. The van der Waals surface area contributed by atoms with Gasteiger partial charge in [0.2, 0.25) is 11.8 Å². The van der Waals surface area contributed by atoms with Crippen LogP contribution in [0.15, 0.2) is 48.5 Å². The molecule has 0 saturated carbocycles. The van der Waals surface area contributed by atoms with Gasteiger partial charge in [0, 0.05) is 42.2 Å². The molecule has 0 bridgehead atoms. The van der Waals surface area contributed by atoms with Gasteiger partial charge in [-0.15, -0.1) is 0 Å². The molecule has 1 heterocycles. The summed E-state index contributed by atoms with van der Waals surface area (Å²) >= 11 is 0. The van der Waals surface area contributed by atoms with Gasteiger partial charge in [-0.3, -0.25) is 14.4 Å². The van der Waals surface area contributed by atoms with Gasteiger partial charge in [0.15, 0.2) is 0 Å². The Morgan fingerprint density at radius 2 is 1.68 bits per heavy atom. The van der Waals surface area contributed by atoms with E-state index in [4.69, 9.17) is 4.74 Å². The highest BCUT2D eigenvalue weighted by Crippen LogP contribution is 2.16. The molecule has 3 rings (SSSR count). The Labute approximate surface area is 200 Å². The molecule has 2 aromatic rings.